The Hall–Kier alpha value is -0.610. The molecule has 0 heterocycles. The van der Waals surface area contributed by atoms with Crippen molar-refractivity contribution in [1.82, 2.24) is 5.32 Å². The van der Waals surface area contributed by atoms with Gasteiger partial charge in [0.1, 0.15) is 11.6 Å². The first-order valence-electron chi connectivity index (χ1n) is 6.93. The highest BCUT2D eigenvalue weighted by molar-refractivity contribution is 7.99. The minimum absolute atomic E-state index is 0.161. The molecule has 106 valence electrons. The number of rotatable bonds is 5. The van der Waals surface area contributed by atoms with Crippen molar-refractivity contribution < 1.29 is 8.78 Å². The smallest absolute Gasteiger partial charge is 0.130 e. The number of hydrogen-bond acceptors (Lipinski definition) is 2. The summed E-state index contributed by atoms with van der Waals surface area (Å²) >= 11 is 1.98. The zero-order valence-electron chi connectivity index (χ0n) is 11.5. The highest BCUT2D eigenvalue weighted by Crippen LogP contribution is 2.31. The van der Waals surface area contributed by atoms with Crippen molar-refractivity contribution in [2.24, 2.45) is 0 Å². The van der Waals surface area contributed by atoms with Gasteiger partial charge in [0.2, 0.25) is 0 Å². The first kappa shape index (κ1) is 14.8. The summed E-state index contributed by atoms with van der Waals surface area (Å²) in [5.41, 5.74) is 0.161. The van der Waals surface area contributed by atoms with Crippen molar-refractivity contribution in [3.8, 4) is 0 Å². The molecule has 1 aliphatic carbocycles. The van der Waals surface area contributed by atoms with Crippen LogP contribution in [0.3, 0.4) is 0 Å². The van der Waals surface area contributed by atoms with Crippen LogP contribution < -0.4 is 5.32 Å². The Morgan fingerprint density at radius 3 is 2.63 bits per heavy atom. The molecule has 1 aromatic rings. The second-order valence-corrected chi connectivity index (χ2v) is 6.69. The van der Waals surface area contributed by atoms with Gasteiger partial charge in [-0.2, -0.15) is 11.8 Å². The topological polar surface area (TPSA) is 12.0 Å². The first-order valence-corrected chi connectivity index (χ1v) is 7.98. The van der Waals surface area contributed by atoms with Gasteiger partial charge in [0, 0.05) is 22.9 Å². The molecule has 0 aliphatic heterocycles. The van der Waals surface area contributed by atoms with Crippen LogP contribution in [0.5, 0.6) is 0 Å². The summed E-state index contributed by atoms with van der Waals surface area (Å²) < 4.78 is 27.4. The van der Waals surface area contributed by atoms with E-state index in [4.69, 9.17) is 0 Å². The van der Waals surface area contributed by atoms with Crippen molar-refractivity contribution in [1.29, 1.82) is 0 Å². The fourth-order valence-electron chi connectivity index (χ4n) is 2.84. The SMILES string of the molecule is CCSC1CCC(NC(C)c2c(F)cccc2F)C1. The largest absolute Gasteiger partial charge is 0.307 e. The van der Waals surface area contributed by atoms with Crippen molar-refractivity contribution in [3.05, 3.63) is 35.4 Å². The Kier molecular flexibility index (Phi) is 5.22. The monoisotopic (exact) mass is 285 g/mol. The molecular formula is C15H21F2NS. The molecule has 1 aliphatic rings. The maximum absolute atomic E-state index is 13.7. The lowest BCUT2D eigenvalue weighted by Gasteiger charge is -2.21. The second-order valence-electron chi connectivity index (χ2n) is 5.11. The third kappa shape index (κ3) is 3.69. The molecule has 3 atom stereocenters. The van der Waals surface area contributed by atoms with Crippen LogP contribution in [0.25, 0.3) is 0 Å². The van der Waals surface area contributed by atoms with E-state index in [1.165, 1.54) is 24.6 Å². The first-order chi connectivity index (χ1) is 9.11. The van der Waals surface area contributed by atoms with Gasteiger partial charge in [-0.05, 0) is 44.1 Å². The van der Waals surface area contributed by atoms with Crippen LogP contribution in [0.1, 0.15) is 44.7 Å². The van der Waals surface area contributed by atoms with E-state index in [2.05, 4.69) is 12.2 Å². The van der Waals surface area contributed by atoms with E-state index in [1.807, 2.05) is 18.7 Å². The van der Waals surface area contributed by atoms with E-state index in [9.17, 15) is 8.78 Å². The average molecular weight is 285 g/mol. The summed E-state index contributed by atoms with van der Waals surface area (Å²) in [4.78, 5) is 0. The maximum Gasteiger partial charge on any atom is 0.130 e. The Morgan fingerprint density at radius 1 is 1.32 bits per heavy atom. The average Bonchev–Trinajstić information content (AvgIpc) is 2.77. The molecule has 1 saturated carbocycles. The molecule has 3 unspecified atom stereocenters. The van der Waals surface area contributed by atoms with Gasteiger partial charge in [-0.15, -0.1) is 0 Å². The summed E-state index contributed by atoms with van der Waals surface area (Å²) in [5.74, 6) is 0.212. The minimum Gasteiger partial charge on any atom is -0.307 e. The van der Waals surface area contributed by atoms with Gasteiger partial charge in [-0.3, -0.25) is 0 Å². The van der Waals surface area contributed by atoms with Gasteiger partial charge in [0.05, 0.1) is 0 Å². The van der Waals surface area contributed by atoms with Gasteiger partial charge in [-0.25, -0.2) is 8.78 Å². The van der Waals surface area contributed by atoms with Crippen molar-refractivity contribution in [2.45, 2.75) is 50.4 Å². The zero-order chi connectivity index (χ0) is 13.8. The van der Waals surface area contributed by atoms with Crippen LogP contribution in [0.2, 0.25) is 0 Å². The van der Waals surface area contributed by atoms with E-state index in [0.717, 1.165) is 18.6 Å². The Labute approximate surface area is 118 Å². The van der Waals surface area contributed by atoms with Crippen LogP contribution in [0.4, 0.5) is 8.78 Å². The molecule has 0 spiro atoms. The Morgan fingerprint density at radius 2 is 2.00 bits per heavy atom. The van der Waals surface area contributed by atoms with Crippen LogP contribution in [-0.2, 0) is 0 Å². The molecule has 1 nitrogen and oxygen atoms in total. The Bertz CT molecular complexity index is 404. The van der Waals surface area contributed by atoms with Crippen LogP contribution >= 0.6 is 11.8 Å². The maximum atomic E-state index is 13.7. The van der Waals surface area contributed by atoms with Gasteiger partial charge < -0.3 is 5.32 Å². The fraction of sp³-hybridized carbons (Fsp3) is 0.600. The number of benzene rings is 1. The van der Waals surface area contributed by atoms with E-state index in [0.29, 0.717) is 11.3 Å². The van der Waals surface area contributed by atoms with Crippen molar-refractivity contribution in [2.75, 3.05) is 5.75 Å². The van der Waals surface area contributed by atoms with Gasteiger partial charge in [0.25, 0.3) is 0 Å². The molecule has 1 fully saturated rings. The lowest BCUT2D eigenvalue weighted by molar-refractivity contribution is 0.430. The third-order valence-electron chi connectivity index (χ3n) is 3.71. The molecule has 0 bridgehead atoms. The number of thioether (sulfide) groups is 1. The fourth-order valence-corrected chi connectivity index (χ4v) is 3.98. The molecule has 0 aromatic heterocycles. The van der Waals surface area contributed by atoms with Crippen LogP contribution in [-0.4, -0.2) is 17.0 Å². The third-order valence-corrected chi connectivity index (χ3v) is 4.94. The highest BCUT2D eigenvalue weighted by Gasteiger charge is 2.27. The van der Waals surface area contributed by atoms with Gasteiger partial charge in [-0.1, -0.05) is 13.0 Å². The summed E-state index contributed by atoms with van der Waals surface area (Å²) in [7, 11) is 0. The lowest BCUT2D eigenvalue weighted by Crippen LogP contribution is -2.30. The summed E-state index contributed by atoms with van der Waals surface area (Å²) in [6.07, 6.45) is 3.39. The van der Waals surface area contributed by atoms with Gasteiger partial charge in [0.15, 0.2) is 0 Å². The number of nitrogens with one attached hydrogen (secondary N) is 1. The molecule has 19 heavy (non-hydrogen) atoms. The normalized spacial score (nSPS) is 24.6. The molecule has 2 rings (SSSR count). The van der Waals surface area contributed by atoms with Crippen molar-refractivity contribution in [3.63, 3.8) is 0 Å². The molecule has 0 radical (unpaired) electrons. The second kappa shape index (κ2) is 6.71. The molecular weight excluding hydrogens is 264 g/mol. The quantitative estimate of drug-likeness (QED) is 0.866. The molecule has 1 aromatic carbocycles. The molecule has 4 heteroatoms. The molecule has 0 saturated heterocycles. The summed E-state index contributed by atoms with van der Waals surface area (Å²) in [5, 5.41) is 4.07. The van der Waals surface area contributed by atoms with E-state index >= 15 is 0 Å². The lowest BCUT2D eigenvalue weighted by atomic mass is 10.1. The van der Waals surface area contributed by atoms with Crippen LogP contribution in [0.15, 0.2) is 18.2 Å². The zero-order valence-corrected chi connectivity index (χ0v) is 12.3. The molecule has 0 amide bonds. The predicted molar refractivity (Wildman–Crippen MR) is 77.5 cm³/mol. The predicted octanol–water partition coefficient (Wildman–Crippen LogP) is 4.29. The van der Waals surface area contributed by atoms with E-state index in [-0.39, 0.29) is 11.6 Å². The minimum atomic E-state index is -0.461. The Balaban J connectivity index is 1.96. The summed E-state index contributed by atoms with van der Waals surface area (Å²) in [6.45, 7) is 4.00. The standard InChI is InChI=1S/C15H21F2NS/c1-3-19-12-8-7-11(9-12)18-10(2)15-13(16)5-4-6-14(15)17/h4-6,10-12,18H,3,7-9H2,1-2H3. The summed E-state index contributed by atoms with van der Waals surface area (Å²) in [6, 6.07) is 4.14. The highest BCUT2D eigenvalue weighted by atomic mass is 32.2. The number of halogens is 2. The van der Waals surface area contributed by atoms with Crippen molar-refractivity contribution >= 4 is 11.8 Å². The van der Waals surface area contributed by atoms with E-state index in [1.54, 1.807) is 0 Å². The molecule has 1 N–H and O–H groups in total. The van der Waals surface area contributed by atoms with E-state index < -0.39 is 11.6 Å². The number of hydrogen-bond donors (Lipinski definition) is 1. The van der Waals surface area contributed by atoms with Gasteiger partial charge >= 0.3 is 0 Å². The van der Waals surface area contributed by atoms with Crippen LogP contribution in [0, 0.1) is 11.6 Å².